The van der Waals surface area contributed by atoms with Crippen molar-refractivity contribution in [2.45, 2.75) is 19.9 Å². The summed E-state index contributed by atoms with van der Waals surface area (Å²) in [5, 5.41) is 4.96. The number of nitrogens with zero attached hydrogens (tertiary/aromatic N) is 5. The molecule has 1 saturated heterocycles. The van der Waals surface area contributed by atoms with E-state index in [1.807, 2.05) is 66.1 Å². The molecule has 0 aliphatic carbocycles. The van der Waals surface area contributed by atoms with Crippen molar-refractivity contribution in [3.8, 4) is 22.8 Å². The number of aromatic nitrogens is 6. The van der Waals surface area contributed by atoms with Gasteiger partial charge in [-0.2, -0.15) is 16.9 Å². The molecule has 5 aromatic rings. The van der Waals surface area contributed by atoms with Gasteiger partial charge in [-0.25, -0.2) is 9.97 Å². The predicted molar refractivity (Wildman–Crippen MR) is 132 cm³/mol. The number of rotatable bonds is 5. The predicted octanol–water partition coefficient (Wildman–Crippen LogP) is 5.88. The number of nitrogens with one attached hydrogen (secondary N) is 1. The zero-order valence-corrected chi connectivity index (χ0v) is 19.5. The van der Waals surface area contributed by atoms with Gasteiger partial charge < -0.3 is 9.72 Å². The van der Waals surface area contributed by atoms with Crippen molar-refractivity contribution in [1.29, 1.82) is 0 Å². The highest BCUT2D eigenvalue weighted by Gasteiger charge is 2.17. The van der Waals surface area contributed by atoms with Crippen molar-refractivity contribution < 1.29 is 4.74 Å². The minimum Gasteiger partial charge on any atom is -0.456 e. The lowest BCUT2D eigenvalue weighted by atomic mass is 10.1. The van der Waals surface area contributed by atoms with Crippen molar-refractivity contribution in [2.75, 3.05) is 11.5 Å². The number of halogens is 1. The summed E-state index contributed by atoms with van der Waals surface area (Å²) in [5.74, 6) is 5.19. The fourth-order valence-corrected chi connectivity index (χ4v) is 5.65. The first kappa shape index (κ1) is 20.5. The lowest BCUT2D eigenvalue weighted by Crippen LogP contribution is -2.09. The lowest BCUT2D eigenvalue weighted by Gasteiger charge is -2.10. The van der Waals surface area contributed by atoms with Gasteiger partial charge in [0.05, 0.1) is 34.6 Å². The van der Waals surface area contributed by atoms with E-state index in [4.69, 9.17) is 21.3 Å². The van der Waals surface area contributed by atoms with Crippen LogP contribution in [0.3, 0.4) is 0 Å². The van der Waals surface area contributed by atoms with Crippen LogP contribution in [-0.4, -0.2) is 41.2 Å². The number of H-pyrrole nitrogens is 1. The van der Waals surface area contributed by atoms with Crippen molar-refractivity contribution in [2.24, 2.45) is 5.92 Å². The average molecular weight is 477 g/mol. The summed E-state index contributed by atoms with van der Waals surface area (Å²) in [7, 11) is 0. The monoisotopic (exact) mass is 476 g/mol. The van der Waals surface area contributed by atoms with Gasteiger partial charge in [0, 0.05) is 24.4 Å². The topological polar surface area (TPSA) is 81.5 Å². The highest BCUT2D eigenvalue weighted by atomic mass is 35.5. The van der Waals surface area contributed by atoms with Gasteiger partial charge in [0.2, 0.25) is 0 Å². The van der Waals surface area contributed by atoms with Crippen LogP contribution < -0.4 is 4.74 Å². The molecule has 6 rings (SSSR count). The van der Waals surface area contributed by atoms with E-state index in [2.05, 4.69) is 20.1 Å². The fraction of sp³-hybridized carbons (Fsp3) is 0.250. The summed E-state index contributed by atoms with van der Waals surface area (Å²) in [6, 6.07) is 9.40. The number of fused-ring (bicyclic) bond motifs is 2. The Morgan fingerprint density at radius 3 is 2.97 bits per heavy atom. The molecule has 166 valence electrons. The Morgan fingerprint density at radius 2 is 2.09 bits per heavy atom. The summed E-state index contributed by atoms with van der Waals surface area (Å²) in [6.45, 7) is 2.86. The van der Waals surface area contributed by atoms with Gasteiger partial charge in [-0.1, -0.05) is 11.6 Å². The number of thioether (sulfide) groups is 1. The van der Waals surface area contributed by atoms with Gasteiger partial charge in [0.15, 0.2) is 0 Å². The van der Waals surface area contributed by atoms with Gasteiger partial charge >= 0.3 is 0 Å². The smallest absolute Gasteiger partial charge is 0.148 e. The minimum atomic E-state index is 0.429. The van der Waals surface area contributed by atoms with Crippen LogP contribution >= 0.6 is 23.4 Å². The Labute approximate surface area is 199 Å². The van der Waals surface area contributed by atoms with Crippen LogP contribution in [0.1, 0.15) is 12.2 Å². The average Bonchev–Trinajstić information content (AvgIpc) is 3.57. The van der Waals surface area contributed by atoms with Crippen molar-refractivity contribution in [3.05, 3.63) is 59.8 Å². The highest BCUT2D eigenvalue weighted by Crippen LogP contribution is 2.35. The molecule has 3 aromatic heterocycles. The maximum absolute atomic E-state index is 6.72. The molecule has 2 aromatic carbocycles. The first-order chi connectivity index (χ1) is 16.1. The molecular weight excluding hydrogens is 456 g/mol. The third-order valence-electron chi connectivity index (χ3n) is 5.82. The second-order valence-electron chi connectivity index (χ2n) is 8.28. The van der Waals surface area contributed by atoms with Gasteiger partial charge in [-0.05, 0) is 55.0 Å². The van der Waals surface area contributed by atoms with Crippen LogP contribution in [0.4, 0.5) is 0 Å². The third kappa shape index (κ3) is 4.05. The van der Waals surface area contributed by atoms with Crippen LogP contribution in [0.2, 0.25) is 5.02 Å². The molecule has 1 N–H and O–H groups in total. The summed E-state index contributed by atoms with van der Waals surface area (Å²) in [4.78, 5) is 17.0. The van der Waals surface area contributed by atoms with E-state index >= 15 is 0 Å². The highest BCUT2D eigenvalue weighted by molar-refractivity contribution is 7.99. The first-order valence-corrected chi connectivity index (χ1v) is 12.4. The summed E-state index contributed by atoms with van der Waals surface area (Å²) in [5.41, 5.74) is 4.79. The van der Waals surface area contributed by atoms with Crippen LogP contribution in [0, 0.1) is 12.8 Å². The second kappa shape index (κ2) is 8.35. The van der Waals surface area contributed by atoms with Crippen LogP contribution in [0.5, 0.6) is 11.5 Å². The molecule has 1 fully saturated rings. The number of benzene rings is 2. The molecule has 7 nitrogen and oxygen atoms in total. The molecule has 0 saturated carbocycles. The SMILES string of the molecule is Cc1nc2ccc(Oc3ccc4ncc(-c5cnn(C[C@@H]6CCSC6)c5)nc4c3Cl)cc2[nH]1. The Morgan fingerprint density at radius 1 is 1.18 bits per heavy atom. The standard InChI is InChI=1S/C24H21ClN6OS/c1-14-28-18-3-2-17(8-20(18)29-14)32-22-5-4-19-24(23(22)25)30-21(10-26-19)16-9-27-31(12-16)11-15-6-7-33-13-15/h2-5,8-10,12,15H,6-7,11,13H2,1H3,(H,28,29)/t15-/m0/s1. The third-order valence-corrected chi connectivity index (χ3v) is 7.41. The molecule has 0 amide bonds. The van der Waals surface area contributed by atoms with Crippen LogP contribution in [0.15, 0.2) is 48.9 Å². The first-order valence-electron chi connectivity index (χ1n) is 10.8. The van der Waals surface area contributed by atoms with E-state index < -0.39 is 0 Å². The zero-order valence-electron chi connectivity index (χ0n) is 18.0. The number of aromatic amines is 1. The van der Waals surface area contributed by atoms with E-state index in [9.17, 15) is 0 Å². The Hall–Kier alpha value is -3.10. The van der Waals surface area contributed by atoms with Gasteiger partial charge in [-0.3, -0.25) is 9.67 Å². The fourth-order valence-electron chi connectivity index (χ4n) is 4.14. The van der Waals surface area contributed by atoms with E-state index in [1.165, 1.54) is 17.9 Å². The van der Waals surface area contributed by atoms with E-state index in [0.29, 0.717) is 33.5 Å². The number of ether oxygens (including phenoxy) is 1. The maximum Gasteiger partial charge on any atom is 0.148 e. The zero-order chi connectivity index (χ0) is 22.4. The minimum absolute atomic E-state index is 0.429. The number of aryl methyl sites for hydroxylation is 1. The Balaban J connectivity index is 1.30. The molecule has 0 unspecified atom stereocenters. The lowest BCUT2D eigenvalue weighted by molar-refractivity contribution is 0.459. The molecule has 0 spiro atoms. The number of imidazole rings is 1. The number of hydrogen-bond donors (Lipinski definition) is 1. The molecular formula is C24H21ClN6OS. The molecule has 0 bridgehead atoms. The van der Waals surface area contributed by atoms with E-state index in [1.54, 1.807) is 6.20 Å². The summed E-state index contributed by atoms with van der Waals surface area (Å²) >= 11 is 8.74. The molecule has 1 atom stereocenters. The molecule has 1 aliphatic rings. The summed E-state index contributed by atoms with van der Waals surface area (Å²) < 4.78 is 8.10. The Kier molecular flexibility index (Phi) is 5.19. The van der Waals surface area contributed by atoms with E-state index in [0.717, 1.165) is 34.7 Å². The molecule has 4 heterocycles. The van der Waals surface area contributed by atoms with Crippen LogP contribution in [-0.2, 0) is 6.54 Å². The van der Waals surface area contributed by atoms with Gasteiger partial charge in [0.25, 0.3) is 0 Å². The largest absolute Gasteiger partial charge is 0.456 e. The van der Waals surface area contributed by atoms with Crippen LogP contribution in [0.25, 0.3) is 33.3 Å². The molecule has 0 radical (unpaired) electrons. The normalized spacial score (nSPS) is 16.1. The van der Waals surface area contributed by atoms with Crippen molar-refractivity contribution in [1.82, 2.24) is 29.7 Å². The molecule has 33 heavy (non-hydrogen) atoms. The van der Waals surface area contributed by atoms with Gasteiger partial charge in [-0.15, -0.1) is 0 Å². The van der Waals surface area contributed by atoms with Gasteiger partial charge in [0.1, 0.15) is 27.9 Å². The quantitative estimate of drug-likeness (QED) is 0.341. The Bertz CT molecular complexity index is 1470. The maximum atomic E-state index is 6.72. The molecule has 9 heteroatoms. The number of hydrogen-bond acceptors (Lipinski definition) is 6. The van der Waals surface area contributed by atoms with E-state index in [-0.39, 0.29) is 0 Å². The van der Waals surface area contributed by atoms with Crippen molar-refractivity contribution in [3.63, 3.8) is 0 Å². The second-order valence-corrected chi connectivity index (χ2v) is 9.81. The van der Waals surface area contributed by atoms with Crippen molar-refractivity contribution >= 4 is 45.4 Å². The summed E-state index contributed by atoms with van der Waals surface area (Å²) in [6.07, 6.45) is 6.89. The molecule has 1 aliphatic heterocycles.